The molecule has 1 atom stereocenters. The Labute approximate surface area is 117 Å². The van der Waals surface area contributed by atoms with Gasteiger partial charge in [0.15, 0.2) is 0 Å². The standard InChI is InChI=1S/C14H29N3O2/c1-4-14(6-5-7-15-12-14)13(18)16-8-10-19-11-9-17(2)3/h15H,4-12H2,1-3H3,(H,16,18). The van der Waals surface area contributed by atoms with E-state index in [0.29, 0.717) is 19.8 Å². The van der Waals surface area contributed by atoms with E-state index < -0.39 is 0 Å². The van der Waals surface area contributed by atoms with E-state index in [1.807, 2.05) is 14.1 Å². The molecule has 112 valence electrons. The summed E-state index contributed by atoms with van der Waals surface area (Å²) in [4.78, 5) is 14.4. The summed E-state index contributed by atoms with van der Waals surface area (Å²) in [5, 5.41) is 6.35. The first-order chi connectivity index (χ1) is 9.10. The van der Waals surface area contributed by atoms with Crippen LogP contribution in [0, 0.1) is 5.41 Å². The molecule has 1 fully saturated rings. The molecule has 1 rings (SSSR count). The average molecular weight is 271 g/mol. The summed E-state index contributed by atoms with van der Waals surface area (Å²) in [7, 11) is 4.04. The van der Waals surface area contributed by atoms with Crippen molar-refractivity contribution in [3.05, 3.63) is 0 Å². The van der Waals surface area contributed by atoms with Crippen LogP contribution in [-0.2, 0) is 9.53 Å². The van der Waals surface area contributed by atoms with E-state index in [0.717, 1.165) is 38.9 Å². The van der Waals surface area contributed by atoms with E-state index in [-0.39, 0.29) is 11.3 Å². The number of hydrogen-bond acceptors (Lipinski definition) is 4. The Morgan fingerprint density at radius 2 is 2.21 bits per heavy atom. The van der Waals surface area contributed by atoms with Crippen molar-refractivity contribution in [1.82, 2.24) is 15.5 Å². The van der Waals surface area contributed by atoms with E-state index in [4.69, 9.17) is 4.74 Å². The van der Waals surface area contributed by atoms with Crippen LogP contribution < -0.4 is 10.6 Å². The van der Waals surface area contributed by atoms with E-state index in [1.165, 1.54) is 0 Å². The number of carbonyl (C=O) groups excluding carboxylic acids is 1. The molecule has 1 saturated heterocycles. The molecule has 5 nitrogen and oxygen atoms in total. The number of carbonyl (C=O) groups is 1. The molecule has 0 radical (unpaired) electrons. The molecule has 0 saturated carbocycles. The smallest absolute Gasteiger partial charge is 0.227 e. The monoisotopic (exact) mass is 271 g/mol. The SMILES string of the molecule is CCC1(C(=O)NCCOCCN(C)C)CCCNC1. The zero-order valence-electron chi connectivity index (χ0n) is 12.6. The van der Waals surface area contributed by atoms with Crippen LogP contribution in [0.2, 0.25) is 0 Å². The largest absolute Gasteiger partial charge is 0.378 e. The molecular formula is C14H29N3O2. The molecule has 1 aliphatic heterocycles. The van der Waals surface area contributed by atoms with Crippen LogP contribution in [0.5, 0.6) is 0 Å². The Morgan fingerprint density at radius 1 is 1.42 bits per heavy atom. The molecule has 0 spiro atoms. The summed E-state index contributed by atoms with van der Waals surface area (Å²) < 4.78 is 5.48. The Kier molecular flexibility index (Phi) is 7.34. The van der Waals surface area contributed by atoms with Crippen molar-refractivity contribution in [3.8, 4) is 0 Å². The summed E-state index contributed by atoms with van der Waals surface area (Å²) in [6.07, 6.45) is 2.97. The molecular weight excluding hydrogens is 242 g/mol. The lowest BCUT2D eigenvalue weighted by atomic mass is 9.77. The molecule has 1 aliphatic rings. The first-order valence-electron chi connectivity index (χ1n) is 7.32. The van der Waals surface area contributed by atoms with Crippen LogP contribution in [-0.4, -0.2) is 64.3 Å². The second-order valence-corrected chi connectivity index (χ2v) is 5.59. The minimum atomic E-state index is -0.206. The van der Waals surface area contributed by atoms with Crippen molar-refractivity contribution in [2.24, 2.45) is 5.41 Å². The summed E-state index contributed by atoms with van der Waals surface area (Å²) in [5.74, 6) is 0.179. The Bertz CT molecular complexity index is 263. The van der Waals surface area contributed by atoms with Crippen LogP contribution >= 0.6 is 0 Å². The number of hydrogen-bond donors (Lipinski definition) is 2. The topological polar surface area (TPSA) is 53.6 Å². The summed E-state index contributed by atoms with van der Waals surface area (Å²) in [6.45, 7) is 6.75. The third-order valence-corrected chi connectivity index (χ3v) is 3.85. The van der Waals surface area contributed by atoms with Gasteiger partial charge < -0.3 is 20.3 Å². The molecule has 0 bridgehead atoms. The fourth-order valence-electron chi connectivity index (χ4n) is 2.40. The summed E-state index contributed by atoms with van der Waals surface area (Å²) in [6, 6.07) is 0. The van der Waals surface area contributed by atoms with Crippen molar-refractivity contribution in [1.29, 1.82) is 0 Å². The van der Waals surface area contributed by atoms with E-state index >= 15 is 0 Å². The molecule has 5 heteroatoms. The lowest BCUT2D eigenvalue weighted by molar-refractivity contribution is -0.132. The number of ether oxygens (including phenoxy) is 1. The maximum absolute atomic E-state index is 12.3. The highest BCUT2D eigenvalue weighted by Crippen LogP contribution is 2.29. The van der Waals surface area contributed by atoms with Crippen LogP contribution in [0.25, 0.3) is 0 Å². The van der Waals surface area contributed by atoms with Gasteiger partial charge in [-0.2, -0.15) is 0 Å². The Morgan fingerprint density at radius 3 is 2.79 bits per heavy atom. The van der Waals surface area contributed by atoms with Crippen molar-refractivity contribution < 1.29 is 9.53 Å². The molecule has 1 heterocycles. The number of nitrogens with one attached hydrogen (secondary N) is 2. The van der Waals surface area contributed by atoms with Crippen LogP contribution in [0.15, 0.2) is 0 Å². The number of amides is 1. The predicted molar refractivity (Wildman–Crippen MR) is 77.2 cm³/mol. The maximum Gasteiger partial charge on any atom is 0.227 e. The second kappa shape index (κ2) is 8.51. The van der Waals surface area contributed by atoms with Crippen molar-refractivity contribution >= 4 is 5.91 Å². The number of nitrogens with zero attached hydrogens (tertiary/aromatic N) is 1. The first kappa shape index (κ1) is 16.4. The molecule has 0 aliphatic carbocycles. The molecule has 2 N–H and O–H groups in total. The number of likely N-dealkylation sites (N-methyl/N-ethyl adjacent to an activating group) is 1. The molecule has 19 heavy (non-hydrogen) atoms. The minimum absolute atomic E-state index is 0.179. The van der Waals surface area contributed by atoms with Gasteiger partial charge in [-0.1, -0.05) is 6.92 Å². The van der Waals surface area contributed by atoms with Crippen molar-refractivity contribution in [2.75, 3.05) is 53.5 Å². The van der Waals surface area contributed by atoms with Crippen LogP contribution in [0.4, 0.5) is 0 Å². The molecule has 0 aromatic heterocycles. The van der Waals surface area contributed by atoms with E-state index in [2.05, 4.69) is 22.5 Å². The predicted octanol–water partition coefficient (Wildman–Crippen LogP) is 0.461. The van der Waals surface area contributed by atoms with Gasteiger partial charge >= 0.3 is 0 Å². The van der Waals surface area contributed by atoms with Gasteiger partial charge in [0.2, 0.25) is 5.91 Å². The van der Waals surface area contributed by atoms with Gasteiger partial charge in [-0.05, 0) is 39.9 Å². The zero-order chi connectivity index (χ0) is 14.1. The lowest BCUT2D eigenvalue weighted by Crippen LogP contribution is -2.50. The van der Waals surface area contributed by atoms with Crippen molar-refractivity contribution in [2.45, 2.75) is 26.2 Å². The molecule has 0 aromatic rings. The van der Waals surface area contributed by atoms with Gasteiger partial charge in [0.1, 0.15) is 0 Å². The van der Waals surface area contributed by atoms with Gasteiger partial charge in [0.05, 0.1) is 18.6 Å². The van der Waals surface area contributed by atoms with E-state index in [1.54, 1.807) is 0 Å². The van der Waals surface area contributed by atoms with Crippen molar-refractivity contribution in [3.63, 3.8) is 0 Å². The average Bonchev–Trinajstić information content (AvgIpc) is 2.42. The third-order valence-electron chi connectivity index (χ3n) is 3.85. The molecule has 1 unspecified atom stereocenters. The fourth-order valence-corrected chi connectivity index (χ4v) is 2.40. The molecule has 0 aromatic carbocycles. The maximum atomic E-state index is 12.3. The zero-order valence-corrected chi connectivity index (χ0v) is 12.6. The van der Waals surface area contributed by atoms with Gasteiger partial charge in [-0.3, -0.25) is 4.79 Å². The summed E-state index contributed by atoms with van der Waals surface area (Å²) in [5.41, 5.74) is -0.206. The Balaban J connectivity index is 2.18. The highest BCUT2D eigenvalue weighted by atomic mass is 16.5. The quantitative estimate of drug-likeness (QED) is 0.630. The second-order valence-electron chi connectivity index (χ2n) is 5.59. The minimum Gasteiger partial charge on any atom is -0.378 e. The fraction of sp³-hybridized carbons (Fsp3) is 0.929. The number of piperidine rings is 1. The van der Waals surface area contributed by atoms with Gasteiger partial charge in [-0.25, -0.2) is 0 Å². The normalized spacial score (nSPS) is 23.6. The van der Waals surface area contributed by atoms with Gasteiger partial charge in [-0.15, -0.1) is 0 Å². The highest BCUT2D eigenvalue weighted by Gasteiger charge is 2.37. The lowest BCUT2D eigenvalue weighted by Gasteiger charge is -2.35. The number of rotatable bonds is 8. The van der Waals surface area contributed by atoms with Crippen LogP contribution in [0.3, 0.4) is 0 Å². The first-order valence-corrected chi connectivity index (χ1v) is 7.32. The van der Waals surface area contributed by atoms with Gasteiger partial charge in [0, 0.05) is 19.6 Å². The Hall–Kier alpha value is -0.650. The third kappa shape index (κ3) is 5.47. The summed E-state index contributed by atoms with van der Waals surface area (Å²) >= 11 is 0. The molecule has 1 amide bonds. The van der Waals surface area contributed by atoms with E-state index in [9.17, 15) is 4.79 Å². The van der Waals surface area contributed by atoms with Crippen LogP contribution in [0.1, 0.15) is 26.2 Å². The highest BCUT2D eigenvalue weighted by molar-refractivity contribution is 5.83. The van der Waals surface area contributed by atoms with Gasteiger partial charge in [0.25, 0.3) is 0 Å².